The molecule has 160 valence electrons. The highest BCUT2D eigenvalue weighted by atomic mass is 16.2. The largest absolute Gasteiger partial charge is 0.335 e. The Hall–Kier alpha value is -2.29. The molecule has 2 amide bonds. The number of urea groups is 1. The van der Waals surface area contributed by atoms with Crippen LogP contribution in [0.3, 0.4) is 0 Å². The summed E-state index contributed by atoms with van der Waals surface area (Å²) in [6.45, 7) is 7.07. The Kier molecular flexibility index (Phi) is 6.17. The van der Waals surface area contributed by atoms with Gasteiger partial charge in [0.1, 0.15) is 0 Å². The number of carbonyl (C=O) groups is 1. The highest BCUT2D eigenvalue weighted by Gasteiger charge is 2.40. The van der Waals surface area contributed by atoms with Crippen LogP contribution in [0.15, 0.2) is 60.7 Å². The molecule has 0 saturated heterocycles. The molecule has 3 nitrogen and oxygen atoms in total. The summed E-state index contributed by atoms with van der Waals surface area (Å²) in [6, 6.07) is 21.3. The van der Waals surface area contributed by atoms with Crippen LogP contribution in [0.4, 0.5) is 4.79 Å². The molecule has 0 aromatic heterocycles. The molecule has 0 aliphatic heterocycles. The first-order valence-electron chi connectivity index (χ1n) is 11.6. The minimum atomic E-state index is -0.0229. The predicted molar refractivity (Wildman–Crippen MR) is 123 cm³/mol. The van der Waals surface area contributed by atoms with Crippen LogP contribution in [0.2, 0.25) is 0 Å². The van der Waals surface area contributed by atoms with Gasteiger partial charge in [0.25, 0.3) is 0 Å². The fourth-order valence-electron chi connectivity index (χ4n) is 5.23. The average molecular weight is 405 g/mol. The van der Waals surface area contributed by atoms with Gasteiger partial charge in [0.15, 0.2) is 0 Å². The summed E-state index contributed by atoms with van der Waals surface area (Å²) in [6.07, 6.45) is 5.89. The molecular formula is C27H36N2O. The minimum absolute atomic E-state index is 0.0229. The molecule has 3 atom stereocenters. The molecule has 2 aliphatic carbocycles. The molecule has 2 N–H and O–H groups in total. The SMILES string of the molecule is CC(C)(C)C1CCC(C(NC(=O)NC2CC2c2ccccc2)c2ccccc2)CC1. The minimum Gasteiger partial charge on any atom is -0.335 e. The van der Waals surface area contributed by atoms with E-state index in [2.05, 4.69) is 79.9 Å². The Bertz CT molecular complexity index is 819. The lowest BCUT2D eigenvalue weighted by Gasteiger charge is -2.39. The maximum atomic E-state index is 12.9. The summed E-state index contributed by atoms with van der Waals surface area (Å²) < 4.78 is 0. The van der Waals surface area contributed by atoms with Gasteiger partial charge in [-0.15, -0.1) is 0 Å². The van der Waals surface area contributed by atoms with Gasteiger partial charge in [-0.25, -0.2) is 4.79 Å². The number of nitrogens with one attached hydrogen (secondary N) is 2. The van der Waals surface area contributed by atoms with Gasteiger partial charge in [0, 0.05) is 12.0 Å². The van der Waals surface area contributed by atoms with Crippen LogP contribution in [-0.2, 0) is 0 Å². The smallest absolute Gasteiger partial charge is 0.315 e. The number of hydrogen-bond donors (Lipinski definition) is 2. The third-order valence-electron chi connectivity index (χ3n) is 7.25. The van der Waals surface area contributed by atoms with Gasteiger partial charge < -0.3 is 10.6 Å². The summed E-state index contributed by atoms with van der Waals surface area (Å²) in [5.74, 6) is 1.73. The highest BCUT2D eigenvalue weighted by molar-refractivity contribution is 5.75. The monoisotopic (exact) mass is 404 g/mol. The van der Waals surface area contributed by atoms with Crippen molar-refractivity contribution in [3.63, 3.8) is 0 Å². The third-order valence-corrected chi connectivity index (χ3v) is 7.25. The van der Waals surface area contributed by atoms with Gasteiger partial charge in [-0.1, -0.05) is 81.4 Å². The molecule has 4 rings (SSSR count). The summed E-state index contributed by atoms with van der Waals surface area (Å²) in [4.78, 5) is 12.9. The number of benzene rings is 2. The van der Waals surface area contributed by atoms with E-state index in [0.29, 0.717) is 17.3 Å². The molecule has 2 aromatic rings. The second-order valence-corrected chi connectivity index (χ2v) is 10.3. The first-order valence-corrected chi connectivity index (χ1v) is 11.6. The van der Waals surface area contributed by atoms with Crippen LogP contribution < -0.4 is 10.6 Å². The fourth-order valence-corrected chi connectivity index (χ4v) is 5.23. The molecule has 2 aliphatic rings. The molecule has 2 aromatic carbocycles. The standard InChI is InChI=1S/C27H36N2O/c1-27(2,3)22-16-14-21(15-17-22)25(20-12-8-5-9-13-20)29-26(30)28-24-18-23(24)19-10-6-4-7-11-19/h4-13,21-25H,14-18H2,1-3H3,(H2,28,29,30). The third kappa shape index (κ3) is 5.06. The Morgan fingerprint density at radius 3 is 2.10 bits per heavy atom. The van der Waals surface area contributed by atoms with Gasteiger partial charge in [-0.2, -0.15) is 0 Å². The van der Waals surface area contributed by atoms with Gasteiger partial charge in [0.05, 0.1) is 6.04 Å². The predicted octanol–water partition coefficient (Wildman–Crippen LogP) is 6.44. The first kappa shape index (κ1) is 21.0. The molecule has 0 spiro atoms. The van der Waals surface area contributed by atoms with Crippen molar-refractivity contribution in [3.05, 3.63) is 71.8 Å². The van der Waals surface area contributed by atoms with Gasteiger partial charge in [-0.05, 0) is 60.5 Å². The fraction of sp³-hybridized carbons (Fsp3) is 0.519. The molecular weight excluding hydrogens is 368 g/mol. The number of rotatable bonds is 5. The maximum absolute atomic E-state index is 12.9. The van der Waals surface area contributed by atoms with Gasteiger partial charge in [-0.3, -0.25) is 0 Å². The highest BCUT2D eigenvalue weighted by Crippen LogP contribution is 2.44. The van der Waals surface area contributed by atoms with E-state index in [4.69, 9.17) is 0 Å². The van der Waals surface area contributed by atoms with Gasteiger partial charge in [0.2, 0.25) is 0 Å². The Labute approximate surface area is 181 Å². The van der Waals surface area contributed by atoms with E-state index >= 15 is 0 Å². The van der Waals surface area contributed by atoms with Crippen molar-refractivity contribution >= 4 is 6.03 Å². The Morgan fingerprint density at radius 1 is 0.900 bits per heavy atom. The number of carbonyl (C=O) groups excluding carboxylic acids is 1. The van der Waals surface area contributed by atoms with E-state index < -0.39 is 0 Å². The van der Waals surface area contributed by atoms with E-state index in [-0.39, 0.29) is 18.1 Å². The van der Waals surface area contributed by atoms with E-state index in [1.807, 2.05) is 12.1 Å². The topological polar surface area (TPSA) is 41.1 Å². The normalized spacial score (nSPS) is 27.2. The second-order valence-electron chi connectivity index (χ2n) is 10.3. The summed E-state index contributed by atoms with van der Waals surface area (Å²) in [5, 5.41) is 6.57. The molecule has 0 radical (unpaired) electrons. The van der Waals surface area contributed by atoms with Crippen molar-refractivity contribution in [1.82, 2.24) is 10.6 Å². The zero-order chi connectivity index (χ0) is 21.1. The van der Waals surface area contributed by atoms with E-state index in [0.717, 1.165) is 12.3 Å². The molecule has 2 fully saturated rings. The maximum Gasteiger partial charge on any atom is 0.315 e. The van der Waals surface area contributed by atoms with Crippen LogP contribution in [0.25, 0.3) is 0 Å². The molecule has 2 saturated carbocycles. The van der Waals surface area contributed by atoms with Crippen LogP contribution in [0, 0.1) is 17.3 Å². The quantitative estimate of drug-likeness (QED) is 0.592. The zero-order valence-corrected chi connectivity index (χ0v) is 18.6. The molecule has 3 unspecified atom stereocenters. The lowest BCUT2D eigenvalue weighted by Crippen LogP contribution is -2.43. The van der Waals surface area contributed by atoms with Crippen molar-refractivity contribution in [2.24, 2.45) is 17.3 Å². The summed E-state index contributed by atoms with van der Waals surface area (Å²) in [5.41, 5.74) is 2.92. The molecule has 30 heavy (non-hydrogen) atoms. The number of amides is 2. The molecule has 0 heterocycles. The zero-order valence-electron chi connectivity index (χ0n) is 18.6. The molecule has 0 bridgehead atoms. The van der Waals surface area contributed by atoms with Crippen LogP contribution in [0.5, 0.6) is 0 Å². The van der Waals surface area contributed by atoms with Crippen molar-refractivity contribution < 1.29 is 4.79 Å². The summed E-state index contributed by atoms with van der Waals surface area (Å²) >= 11 is 0. The van der Waals surface area contributed by atoms with Gasteiger partial charge >= 0.3 is 6.03 Å². The number of hydrogen-bond acceptors (Lipinski definition) is 1. The first-order chi connectivity index (χ1) is 14.4. The summed E-state index contributed by atoms with van der Waals surface area (Å²) in [7, 11) is 0. The van der Waals surface area contributed by atoms with E-state index in [1.54, 1.807) is 0 Å². The van der Waals surface area contributed by atoms with Crippen LogP contribution in [0.1, 0.15) is 76.0 Å². The molecule has 3 heteroatoms. The van der Waals surface area contributed by atoms with Crippen LogP contribution >= 0.6 is 0 Å². The lowest BCUT2D eigenvalue weighted by atomic mass is 9.68. The van der Waals surface area contributed by atoms with E-state index in [1.165, 1.54) is 36.8 Å². The van der Waals surface area contributed by atoms with Crippen molar-refractivity contribution in [2.45, 2.75) is 70.9 Å². The average Bonchev–Trinajstić information content (AvgIpc) is 3.52. The van der Waals surface area contributed by atoms with Crippen molar-refractivity contribution in [3.8, 4) is 0 Å². The van der Waals surface area contributed by atoms with Crippen molar-refractivity contribution in [1.29, 1.82) is 0 Å². The van der Waals surface area contributed by atoms with E-state index in [9.17, 15) is 4.79 Å². The lowest BCUT2D eigenvalue weighted by molar-refractivity contribution is 0.133. The van der Waals surface area contributed by atoms with Crippen molar-refractivity contribution in [2.75, 3.05) is 0 Å². The second kappa shape index (κ2) is 8.83. The Morgan fingerprint density at radius 2 is 1.50 bits per heavy atom. The Balaban J connectivity index is 1.38. The van der Waals surface area contributed by atoms with Crippen LogP contribution in [-0.4, -0.2) is 12.1 Å².